The second kappa shape index (κ2) is 18.5. The number of benzene rings is 4. The summed E-state index contributed by atoms with van der Waals surface area (Å²) in [4.78, 5) is 0. The summed E-state index contributed by atoms with van der Waals surface area (Å²) in [5.41, 5.74) is 7.84. The molecule has 2 atom stereocenters. The molecule has 0 saturated carbocycles. The molecule has 0 spiro atoms. The maximum absolute atomic E-state index is 3.39. The van der Waals surface area contributed by atoms with Crippen LogP contribution in [0, 0.1) is 24.0 Å². The van der Waals surface area contributed by atoms with Crippen LogP contribution < -0.4 is 33.6 Å². The van der Waals surface area contributed by atoms with E-state index in [0.717, 1.165) is 0 Å². The molecular formula is C38H36Cl2GeHf-2. The van der Waals surface area contributed by atoms with Gasteiger partial charge in [0.1, 0.15) is 0 Å². The monoisotopic (exact) mass is 816 g/mol. The first-order valence-corrected chi connectivity index (χ1v) is 26.3. The predicted octanol–water partition coefficient (Wildman–Crippen LogP) is 2.29. The van der Waals surface area contributed by atoms with Gasteiger partial charge in [0.15, 0.2) is 0 Å². The van der Waals surface area contributed by atoms with Gasteiger partial charge in [-0.1, -0.05) is 100 Å². The Labute approximate surface area is 281 Å². The van der Waals surface area contributed by atoms with Crippen molar-refractivity contribution in [2.75, 3.05) is 0 Å². The van der Waals surface area contributed by atoms with E-state index in [-0.39, 0.29) is 24.8 Å². The van der Waals surface area contributed by atoms with Crippen LogP contribution in [0.15, 0.2) is 145 Å². The molecule has 0 aliphatic heterocycles. The molecule has 42 heavy (non-hydrogen) atoms. The summed E-state index contributed by atoms with van der Waals surface area (Å²) in [5.74, 6) is 0.936. The summed E-state index contributed by atoms with van der Waals surface area (Å²) in [6.45, 7) is 8.59. The molecule has 4 aromatic carbocycles. The second-order valence-corrected chi connectivity index (χ2v) is 23.4. The zero-order valence-corrected chi connectivity index (χ0v) is 31.8. The maximum atomic E-state index is 3.39. The quantitative estimate of drug-likeness (QED) is 0.220. The normalized spacial score (nSPS) is 16.4. The van der Waals surface area contributed by atoms with Crippen LogP contribution in [0.1, 0.15) is 38.8 Å². The molecule has 2 unspecified atom stereocenters. The van der Waals surface area contributed by atoms with E-state index in [1.54, 1.807) is 8.79 Å². The molecule has 0 amide bonds. The van der Waals surface area contributed by atoms with E-state index < -0.39 is 10.1 Å². The topological polar surface area (TPSA) is 0 Å². The van der Waals surface area contributed by atoms with Crippen molar-refractivity contribution < 1.29 is 46.1 Å². The van der Waals surface area contributed by atoms with Gasteiger partial charge in [0, 0.05) is 0 Å². The molecule has 0 heterocycles. The Morgan fingerprint density at radius 3 is 1.05 bits per heavy atom. The van der Waals surface area contributed by atoms with E-state index in [0.29, 0.717) is 11.8 Å². The summed E-state index contributed by atoms with van der Waals surface area (Å²) in [7, 11) is -1.06. The first-order chi connectivity index (χ1) is 19.4. The van der Waals surface area contributed by atoms with E-state index in [1.165, 1.54) is 54.7 Å². The van der Waals surface area contributed by atoms with E-state index in [2.05, 4.69) is 161 Å². The molecule has 212 valence electrons. The van der Waals surface area contributed by atoms with E-state index in [4.69, 9.17) is 0 Å². The van der Waals surface area contributed by atoms with Crippen molar-refractivity contribution in [2.24, 2.45) is 11.8 Å². The number of hydrogen-bond donors (Lipinski definition) is 0. The molecule has 0 radical (unpaired) electrons. The van der Waals surface area contributed by atoms with Crippen LogP contribution in [0.5, 0.6) is 0 Å². The molecule has 0 N–H and O–H groups in total. The fourth-order valence-electron chi connectivity index (χ4n) is 4.91. The standard InChI is InChI=1S/2C13H13.C12H10Ge.2ClH.Hf/c2*1-10-8-11(2)13(9-10)12-6-4-3-5-7-12;1-3-7-11(8-4-1)13-12-9-5-2-6-10-12;;;/h2*3-7,9-10H,1-2H3;1-10H;2*1H;/q2*-1;;;;+2/p-2. The van der Waals surface area contributed by atoms with Crippen molar-refractivity contribution in [3.63, 3.8) is 0 Å². The summed E-state index contributed by atoms with van der Waals surface area (Å²) in [6.07, 6.45) is 11.3. The second-order valence-electron chi connectivity index (χ2n) is 10.1. The van der Waals surface area contributed by atoms with Crippen LogP contribution in [-0.2, 0) is 21.3 Å². The molecule has 6 rings (SSSR count). The summed E-state index contributed by atoms with van der Waals surface area (Å²) < 4.78 is 3.20. The summed E-state index contributed by atoms with van der Waals surface area (Å²) >= 11 is 1.33. The van der Waals surface area contributed by atoms with Crippen molar-refractivity contribution in [1.82, 2.24) is 0 Å². The number of hydrogen-bond acceptors (Lipinski definition) is 0. The van der Waals surface area contributed by atoms with Gasteiger partial charge < -0.3 is 24.8 Å². The average molecular weight is 815 g/mol. The zero-order valence-electron chi connectivity index (χ0n) is 24.6. The van der Waals surface area contributed by atoms with Gasteiger partial charge in [-0.2, -0.15) is 23.3 Å². The molecule has 2 aliphatic carbocycles. The fourth-order valence-corrected chi connectivity index (χ4v) is 14.0. The third kappa shape index (κ3) is 10.5. The van der Waals surface area contributed by atoms with E-state index >= 15 is 0 Å². The van der Waals surface area contributed by atoms with Crippen LogP contribution >= 0.6 is 0 Å². The Morgan fingerprint density at radius 1 is 0.500 bits per heavy atom. The van der Waals surface area contributed by atoms with Gasteiger partial charge >= 0.3 is 101 Å². The Balaban J connectivity index is 0.000000215. The number of allylic oxidation sites excluding steroid dienone is 8. The molecule has 0 aromatic heterocycles. The minimum atomic E-state index is -1.06. The van der Waals surface area contributed by atoms with Gasteiger partial charge in [0.05, 0.1) is 0 Å². The third-order valence-electron chi connectivity index (χ3n) is 6.82. The predicted molar refractivity (Wildman–Crippen MR) is 170 cm³/mol. The first-order valence-electron chi connectivity index (χ1n) is 13.9. The molecule has 2 aliphatic rings. The van der Waals surface area contributed by atoms with Crippen molar-refractivity contribution in [3.05, 3.63) is 168 Å². The molecular weight excluding hydrogens is 778 g/mol. The zero-order chi connectivity index (χ0) is 28.3. The Kier molecular flexibility index (Phi) is 15.9. The Hall–Kier alpha value is -2.17. The molecule has 0 saturated heterocycles. The van der Waals surface area contributed by atoms with Crippen LogP contribution in [0.3, 0.4) is 0 Å². The Morgan fingerprint density at radius 2 is 0.786 bits per heavy atom. The van der Waals surface area contributed by atoms with Crippen LogP contribution in [-0.4, -0.2) is 10.1 Å². The van der Waals surface area contributed by atoms with Gasteiger partial charge in [-0.3, -0.25) is 12.2 Å². The van der Waals surface area contributed by atoms with Gasteiger partial charge in [-0.05, 0) is 0 Å². The molecule has 0 nitrogen and oxygen atoms in total. The van der Waals surface area contributed by atoms with E-state index in [9.17, 15) is 0 Å². The number of halogens is 2. The van der Waals surface area contributed by atoms with Crippen LogP contribution in [0.4, 0.5) is 0 Å². The van der Waals surface area contributed by atoms with Gasteiger partial charge in [0.25, 0.3) is 0 Å². The molecule has 4 aromatic rings. The van der Waals surface area contributed by atoms with Gasteiger partial charge in [-0.15, -0.1) is 11.1 Å². The van der Waals surface area contributed by atoms with Crippen molar-refractivity contribution >= 4 is 30.0 Å². The van der Waals surface area contributed by atoms with Gasteiger partial charge in [-0.25, -0.2) is 11.1 Å². The first kappa shape index (κ1) is 36.0. The molecule has 0 fully saturated rings. The van der Waals surface area contributed by atoms with Crippen molar-refractivity contribution in [2.45, 2.75) is 27.7 Å². The van der Waals surface area contributed by atoms with Gasteiger partial charge in [0.2, 0.25) is 0 Å². The summed E-state index contributed by atoms with van der Waals surface area (Å²) in [5, 5.41) is 0. The molecule has 0 bridgehead atoms. The molecule has 4 heteroatoms. The SMILES string of the molecule is CC1=[C-]C(C)C=C1c1ccccc1.CC1=[C-]C(C)C=C1c1ccccc1.[Cl-].[Cl-].[Hf+2]=[Ge]([c]1ccccc1)[c]1ccccc1. The van der Waals surface area contributed by atoms with Crippen molar-refractivity contribution in [1.29, 1.82) is 0 Å². The third-order valence-corrected chi connectivity index (χ3v) is 21.4. The number of rotatable bonds is 4. The van der Waals surface area contributed by atoms with Crippen LogP contribution in [0.2, 0.25) is 0 Å². The van der Waals surface area contributed by atoms with Crippen LogP contribution in [0.25, 0.3) is 11.1 Å². The average Bonchev–Trinajstić information content (AvgIpc) is 3.53. The van der Waals surface area contributed by atoms with Crippen molar-refractivity contribution in [3.8, 4) is 0 Å². The minimum absolute atomic E-state index is 0. The Bertz CT molecular complexity index is 1410. The fraction of sp³-hybridized carbons (Fsp3) is 0.158. The van der Waals surface area contributed by atoms with E-state index in [1.807, 2.05) is 12.1 Å². The summed E-state index contributed by atoms with van der Waals surface area (Å²) in [6, 6.07) is 43.0.